The Kier molecular flexibility index (Phi) is 3.75. The summed E-state index contributed by atoms with van der Waals surface area (Å²) in [6, 6.07) is 0. The maximum Gasteiger partial charge on any atom is 0.358 e. The third kappa shape index (κ3) is 2.91. The number of imidazole rings is 1. The number of alkyl halides is 2. The molecule has 0 amide bonds. The Bertz CT molecular complexity index is 657. The van der Waals surface area contributed by atoms with Crippen LogP contribution in [0.15, 0.2) is 12.4 Å². The highest BCUT2D eigenvalue weighted by molar-refractivity contribution is 5.86. The first-order chi connectivity index (χ1) is 9.71. The molecule has 0 radical (unpaired) electrons. The third-order valence-electron chi connectivity index (χ3n) is 2.90. The molecule has 0 saturated heterocycles. The van der Waals surface area contributed by atoms with Gasteiger partial charge < -0.3 is 5.11 Å². The summed E-state index contributed by atoms with van der Waals surface area (Å²) in [6.07, 6.45) is 2.42. The monoisotopic (exact) mass is 299 g/mol. The van der Waals surface area contributed by atoms with Crippen molar-refractivity contribution in [2.45, 2.75) is 39.3 Å². The van der Waals surface area contributed by atoms with Gasteiger partial charge in [-0.1, -0.05) is 26.0 Å². The minimum Gasteiger partial charge on any atom is -0.476 e. The maximum atomic E-state index is 12.8. The molecule has 0 bridgehead atoms. The van der Waals surface area contributed by atoms with Gasteiger partial charge in [0, 0.05) is 17.8 Å². The Morgan fingerprint density at radius 1 is 1.43 bits per heavy atom. The molecule has 0 aliphatic carbocycles. The van der Waals surface area contributed by atoms with E-state index in [1.807, 2.05) is 0 Å². The van der Waals surface area contributed by atoms with Gasteiger partial charge >= 0.3 is 12.5 Å². The molecule has 2 aromatic rings. The summed E-state index contributed by atoms with van der Waals surface area (Å²) in [5.74, 6) is -1.12. The van der Waals surface area contributed by atoms with E-state index in [9.17, 15) is 13.6 Å². The molecular weight excluding hydrogens is 284 g/mol. The molecule has 9 heteroatoms. The Balaban J connectivity index is 2.46. The van der Waals surface area contributed by atoms with Gasteiger partial charge in [0.25, 0.3) is 0 Å². The zero-order chi connectivity index (χ0) is 15.8. The summed E-state index contributed by atoms with van der Waals surface area (Å²) in [4.78, 5) is 15.1. The van der Waals surface area contributed by atoms with E-state index in [-0.39, 0.29) is 18.1 Å². The molecule has 21 heavy (non-hydrogen) atoms. The minimum atomic E-state index is -2.72. The van der Waals surface area contributed by atoms with Crippen LogP contribution in [-0.2, 0) is 12.0 Å². The number of rotatable bonds is 4. The van der Waals surface area contributed by atoms with Crippen molar-refractivity contribution < 1.29 is 18.7 Å². The van der Waals surface area contributed by atoms with Crippen LogP contribution in [0.3, 0.4) is 0 Å². The number of carbonyl (C=O) groups is 1. The SMILES string of the molecule is CC(C)(C)c1c(C(=O)O)nnn1Cc1nccn1C(F)F. The largest absolute Gasteiger partial charge is 0.476 e. The van der Waals surface area contributed by atoms with Gasteiger partial charge in [-0.05, 0) is 0 Å². The fourth-order valence-electron chi connectivity index (χ4n) is 2.09. The fraction of sp³-hybridized carbons (Fsp3) is 0.500. The highest BCUT2D eigenvalue weighted by Crippen LogP contribution is 2.25. The van der Waals surface area contributed by atoms with Gasteiger partial charge in [-0.25, -0.2) is 14.5 Å². The second kappa shape index (κ2) is 5.23. The van der Waals surface area contributed by atoms with Crippen molar-refractivity contribution in [3.63, 3.8) is 0 Å². The fourth-order valence-corrected chi connectivity index (χ4v) is 2.09. The van der Waals surface area contributed by atoms with Crippen molar-refractivity contribution in [3.8, 4) is 0 Å². The molecule has 1 N–H and O–H groups in total. The average molecular weight is 299 g/mol. The summed E-state index contributed by atoms with van der Waals surface area (Å²) in [6.45, 7) is 2.60. The lowest BCUT2D eigenvalue weighted by Gasteiger charge is -2.20. The Hall–Kier alpha value is -2.32. The zero-order valence-electron chi connectivity index (χ0n) is 11.8. The van der Waals surface area contributed by atoms with Crippen LogP contribution in [0.2, 0.25) is 0 Å². The number of hydrogen-bond donors (Lipinski definition) is 1. The Morgan fingerprint density at radius 3 is 2.62 bits per heavy atom. The summed E-state index contributed by atoms with van der Waals surface area (Å²) >= 11 is 0. The van der Waals surface area contributed by atoms with Crippen molar-refractivity contribution in [1.82, 2.24) is 24.5 Å². The van der Waals surface area contributed by atoms with Crippen LogP contribution in [0.25, 0.3) is 0 Å². The minimum absolute atomic E-state index is 0.0791. The number of hydrogen-bond acceptors (Lipinski definition) is 4. The lowest BCUT2D eigenvalue weighted by atomic mass is 9.90. The summed E-state index contributed by atoms with van der Waals surface area (Å²) < 4.78 is 27.6. The number of carboxylic acids is 1. The van der Waals surface area contributed by atoms with Gasteiger partial charge in [0.05, 0.1) is 5.69 Å². The van der Waals surface area contributed by atoms with E-state index in [1.165, 1.54) is 10.9 Å². The van der Waals surface area contributed by atoms with Crippen molar-refractivity contribution in [1.29, 1.82) is 0 Å². The van der Waals surface area contributed by atoms with Crippen molar-refractivity contribution in [2.75, 3.05) is 0 Å². The van der Waals surface area contributed by atoms with Crippen molar-refractivity contribution in [3.05, 3.63) is 29.6 Å². The van der Waals surface area contributed by atoms with Crippen LogP contribution in [-0.4, -0.2) is 35.6 Å². The van der Waals surface area contributed by atoms with Gasteiger partial charge in [-0.2, -0.15) is 8.78 Å². The van der Waals surface area contributed by atoms with Gasteiger partial charge in [-0.3, -0.25) is 4.57 Å². The van der Waals surface area contributed by atoms with Crippen LogP contribution in [0.5, 0.6) is 0 Å². The average Bonchev–Trinajstić information content (AvgIpc) is 2.94. The van der Waals surface area contributed by atoms with Gasteiger partial charge in [0.2, 0.25) is 0 Å². The smallest absolute Gasteiger partial charge is 0.358 e. The molecule has 0 aromatic carbocycles. The van der Waals surface area contributed by atoms with Crippen molar-refractivity contribution >= 4 is 5.97 Å². The molecule has 0 spiro atoms. The standard InChI is InChI=1S/C12H15F2N5O2/c1-12(2,3)9-8(10(20)21)16-17-19(9)6-7-15-4-5-18(7)11(13)14/h4-5,11H,6H2,1-3H3,(H,20,21). The first-order valence-corrected chi connectivity index (χ1v) is 6.19. The third-order valence-corrected chi connectivity index (χ3v) is 2.90. The van der Waals surface area contributed by atoms with Crippen molar-refractivity contribution in [2.24, 2.45) is 0 Å². The molecule has 0 unspecified atom stereocenters. The molecule has 7 nitrogen and oxygen atoms in total. The zero-order valence-corrected chi connectivity index (χ0v) is 11.8. The lowest BCUT2D eigenvalue weighted by molar-refractivity contribution is 0.0660. The van der Waals surface area contributed by atoms with E-state index >= 15 is 0 Å². The molecule has 0 fully saturated rings. The summed E-state index contributed by atoms with van der Waals surface area (Å²) in [5.41, 5.74) is -0.379. The van der Waals surface area contributed by atoms with Gasteiger partial charge in [0.1, 0.15) is 12.4 Å². The van der Waals surface area contributed by atoms with Crippen LogP contribution in [0, 0.1) is 0 Å². The van der Waals surface area contributed by atoms with Crippen LogP contribution in [0.1, 0.15) is 49.3 Å². The highest BCUT2D eigenvalue weighted by atomic mass is 19.3. The van der Waals surface area contributed by atoms with E-state index < -0.39 is 17.9 Å². The molecule has 0 atom stereocenters. The van der Waals surface area contributed by atoms with E-state index in [0.29, 0.717) is 10.3 Å². The molecule has 2 rings (SSSR count). The number of nitrogens with zero attached hydrogens (tertiary/aromatic N) is 5. The first kappa shape index (κ1) is 15.1. The Labute approximate surface area is 119 Å². The van der Waals surface area contributed by atoms with Crippen LogP contribution in [0.4, 0.5) is 8.78 Å². The first-order valence-electron chi connectivity index (χ1n) is 6.19. The predicted octanol–water partition coefficient (Wildman–Crippen LogP) is 1.91. The molecular formula is C12H15F2N5O2. The molecule has 0 aliphatic rings. The number of aromatic nitrogens is 5. The van der Waals surface area contributed by atoms with E-state index in [0.717, 1.165) is 6.20 Å². The normalized spacial score (nSPS) is 12.1. The molecule has 0 aliphatic heterocycles. The topological polar surface area (TPSA) is 85.8 Å². The van der Waals surface area contributed by atoms with E-state index in [2.05, 4.69) is 15.3 Å². The second-order valence-corrected chi connectivity index (χ2v) is 5.53. The summed E-state index contributed by atoms with van der Waals surface area (Å²) in [5, 5.41) is 16.5. The van der Waals surface area contributed by atoms with Crippen LogP contribution >= 0.6 is 0 Å². The molecule has 2 aromatic heterocycles. The molecule has 114 valence electrons. The quantitative estimate of drug-likeness (QED) is 0.932. The van der Waals surface area contributed by atoms with Gasteiger partial charge in [-0.15, -0.1) is 5.10 Å². The summed E-state index contributed by atoms with van der Waals surface area (Å²) in [7, 11) is 0. The second-order valence-electron chi connectivity index (χ2n) is 5.53. The Morgan fingerprint density at radius 2 is 2.10 bits per heavy atom. The molecule has 2 heterocycles. The molecule has 0 saturated carbocycles. The maximum absolute atomic E-state index is 12.8. The lowest BCUT2D eigenvalue weighted by Crippen LogP contribution is -2.23. The number of halogens is 2. The van der Waals surface area contributed by atoms with Gasteiger partial charge in [0.15, 0.2) is 5.69 Å². The number of aromatic carboxylic acids is 1. The van der Waals surface area contributed by atoms with Crippen LogP contribution < -0.4 is 0 Å². The predicted molar refractivity (Wildman–Crippen MR) is 68.3 cm³/mol. The highest BCUT2D eigenvalue weighted by Gasteiger charge is 2.29. The van der Waals surface area contributed by atoms with E-state index in [1.54, 1.807) is 20.8 Å². The van der Waals surface area contributed by atoms with E-state index in [4.69, 9.17) is 5.11 Å². The number of carboxylic acid groups (broad SMARTS) is 1.